The second-order valence-electron chi connectivity index (χ2n) is 6.89. The van der Waals surface area contributed by atoms with E-state index in [1.807, 2.05) is 0 Å². The van der Waals surface area contributed by atoms with Gasteiger partial charge in [0, 0.05) is 5.41 Å². The third-order valence-corrected chi connectivity index (χ3v) is 4.77. The molecule has 2 aliphatic rings. The van der Waals surface area contributed by atoms with Crippen LogP contribution in [0.3, 0.4) is 0 Å². The normalized spacial score (nSPS) is 23.3. The molecule has 0 spiro atoms. The number of aliphatic carboxylic acids is 1. The first kappa shape index (κ1) is 14.4. The second kappa shape index (κ2) is 5.14. The molecule has 2 rings (SSSR count). The fourth-order valence-corrected chi connectivity index (χ4v) is 3.52. The Morgan fingerprint density at radius 3 is 2.05 bits per heavy atom. The van der Waals surface area contributed by atoms with Gasteiger partial charge in [0.2, 0.25) is 5.91 Å². The van der Waals surface area contributed by atoms with Gasteiger partial charge in [0.25, 0.3) is 0 Å². The van der Waals surface area contributed by atoms with Crippen LogP contribution in [0.25, 0.3) is 0 Å². The highest BCUT2D eigenvalue weighted by Crippen LogP contribution is 2.47. The zero-order chi connectivity index (χ0) is 14.1. The Kier molecular flexibility index (Phi) is 3.88. The molecule has 0 aliphatic heterocycles. The number of rotatable bonds is 6. The van der Waals surface area contributed by atoms with E-state index in [2.05, 4.69) is 19.2 Å². The second-order valence-corrected chi connectivity index (χ2v) is 6.89. The Bertz CT molecular complexity index is 368. The minimum atomic E-state index is -0.813. The van der Waals surface area contributed by atoms with E-state index in [0.29, 0.717) is 5.92 Å². The van der Waals surface area contributed by atoms with E-state index in [-0.39, 0.29) is 17.7 Å². The predicted molar refractivity (Wildman–Crippen MR) is 72.7 cm³/mol. The van der Waals surface area contributed by atoms with Crippen molar-refractivity contribution >= 4 is 11.9 Å². The first-order valence-corrected chi connectivity index (χ1v) is 7.42. The molecule has 4 nitrogen and oxygen atoms in total. The molecule has 0 aromatic rings. The van der Waals surface area contributed by atoms with Gasteiger partial charge in [0.15, 0.2) is 0 Å². The van der Waals surface area contributed by atoms with Crippen LogP contribution in [-0.2, 0) is 9.59 Å². The summed E-state index contributed by atoms with van der Waals surface area (Å²) in [7, 11) is 0. The third-order valence-electron chi connectivity index (χ3n) is 4.77. The maximum absolute atomic E-state index is 12.6. The lowest BCUT2D eigenvalue weighted by Gasteiger charge is -2.48. The highest BCUT2D eigenvalue weighted by atomic mass is 16.4. The average Bonchev–Trinajstić information content (AvgIpc) is 2.19. The molecule has 0 aromatic heterocycles. The lowest BCUT2D eigenvalue weighted by atomic mass is 9.63. The van der Waals surface area contributed by atoms with Crippen molar-refractivity contribution < 1.29 is 14.7 Å². The number of carbonyl (C=O) groups excluding carboxylic acids is 1. The first-order valence-electron chi connectivity index (χ1n) is 7.42. The largest absolute Gasteiger partial charge is 0.481 e. The van der Waals surface area contributed by atoms with Gasteiger partial charge >= 0.3 is 5.97 Å². The Morgan fingerprint density at radius 1 is 1.16 bits per heavy atom. The molecule has 0 aromatic carbocycles. The van der Waals surface area contributed by atoms with Crippen molar-refractivity contribution in [2.45, 2.75) is 70.8 Å². The standard InChI is InChI=1S/C15H25NO3/c1-11(2)9-14(5-3-6-14)13(19)16-15(7-4-8-15)10-12(17)18/h11H,3-10H2,1-2H3,(H,16,19)(H,17,18). The molecule has 0 atom stereocenters. The number of carboxylic acids is 1. The fourth-order valence-electron chi connectivity index (χ4n) is 3.52. The molecule has 19 heavy (non-hydrogen) atoms. The van der Waals surface area contributed by atoms with E-state index in [1.165, 1.54) is 0 Å². The monoisotopic (exact) mass is 267 g/mol. The molecule has 0 saturated heterocycles. The zero-order valence-corrected chi connectivity index (χ0v) is 12.0. The lowest BCUT2D eigenvalue weighted by Crippen LogP contribution is -2.59. The predicted octanol–water partition coefficient (Wildman–Crippen LogP) is 2.72. The Balaban J connectivity index is 2.00. The van der Waals surface area contributed by atoms with Gasteiger partial charge in [-0.25, -0.2) is 0 Å². The van der Waals surface area contributed by atoms with Crippen LogP contribution in [0.5, 0.6) is 0 Å². The topological polar surface area (TPSA) is 66.4 Å². The summed E-state index contributed by atoms with van der Waals surface area (Å²) in [6.45, 7) is 4.29. The van der Waals surface area contributed by atoms with Gasteiger partial charge in [-0.2, -0.15) is 0 Å². The van der Waals surface area contributed by atoms with E-state index in [1.54, 1.807) is 0 Å². The van der Waals surface area contributed by atoms with Gasteiger partial charge in [-0.15, -0.1) is 0 Å². The van der Waals surface area contributed by atoms with Gasteiger partial charge < -0.3 is 10.4 Å². The Hall–Kier alpha value is -1.06. The minimum Gasteiger partial charge on any atom is -0.481 e. The molecule has 0 radical (unpaired) electrons. The number of hydrogen-bond acceptors (Lipinski definition) is 2. The van der Waals surface area contributed by atoms with Crippen molar-refractivity contribution in [2.24, 2.45) is 11.3 Å². The molecular formula is C15H25NO3. The molecule has 4 heteroatoms. The van der Waals surface area contributed by atoms with Crippen molar-refractivity contribution in [3.63, 3.8) is 0 Å². The van der Waals surface area contributed by atoms with Crippen LogP contribution in [0.2, 0.25) is 0 Å². The fraction of sp³-hybridized carbons (Fsp3) is 0.867. The van der Waals surface area contributed by atoms with Crippen LogP contribution in [0.4, 0.5) is 0 Å². The van der Waals surface area contributed by atoms with Crippen LogP contribution in [0.15, 0.2) is 0 Å². The SMILES string of the molecule is CC(C)CC1(C(=O)NC2(CC(=O)O)CCC2)CCC1. The molecule has 2 saturated carbocycles. The first-order chi connectivity index (χ1) is 8.88. The van der Waals surface area contributed by atoms with Crippen molar-refractivity contribution in [3.8, 4) is 0 Å². The molecule has 0 bridgehead atoms. The van der Waals surface area contributed by atoms with E-state index < -0.39 is 11.5 Å². The highest BCUT2D eigenvalue weighted by Gasteiger charge is 2.48. The number of amides is 1. The van der Waals surface area contributed by atoms with Gasteiger partial charge in [0.05, 0.1) is 12.0 Å². The average molecular weight is 267 g/mol. The number of carboxylic acid groups (broad SMARTS) is 1. The van der Waals surface area contributed by atoms with E-state index in [0.717, 1.165) is 44.9 Å². The Morgan fingerprint density at radius 2 is 1.74 bits per heavy atom. The minimum absolute atomic E-state index is 0.0660. The summed E-state index contributed by atoms with van der Waals surface area (Å²) in [5.74, 6) is -0.206. The summed E-state index contributed by atoms with van der Waals surface area (Å²) in [6.07, 6.45) is 6.65. The van der Waals surface area contributed by atoms with Gasteiger partial charge in [-0.05, 0) is 44.4 Å². The van der Waals surface area contributed by atoms with Crippen molar-refractivity contribution in [1.29, 1.82) is 0 Å². The summed E-state index contributed by atoms with van der Waals surface area (Å²) < 4.78 is 0. The molecule has 2 aliphatic carbocycles. The van der Waals surface area contributed by atoms with Crippen molar-refractivity contribution in [3.05, 3.63) is 0 Å². The summed E-state index contributed by atoms with van der Waals surface area (Å²) in [5, 5.41) is 12.1. The molecule has 0 heterocycles. The maximum atomic E-state index is 12.6. The van der Waals surface area contributed by atoms with E-state index in [4.69, 9.17) is 5.11 Å². The Labute approximate surface area is 115 Å². The quantitative estimate of drug-likeness (QED) is 0.777. The van der Waals surface area contributed by atoms with Crippen LogP contribution >= 0.6 is 0 Å². The molecular weight excluding hydrogens is 242 g/mol. The number of nitrogens with one attached hydrogen (secondary N) is 1. The highest BCUT2D eigenvalue weighted by molar-refractivity contribution is 5.85. The van der Waals surface area contributed by atoms with Crippen LogP contribution in [0, 0.1) is 11.3 Å². The van der Waals surface area contributed by atoms with Gasteiger partial charge in [-0.3, -0.25) is 9.59 Å². The van der Waals surface area contributed by atoms with Gasteiger partial charge in [-0.1, -0.05) is 20.3 Å². The molecule has 2 N–H and O–H groups in total. The lowest BCUT2D eigenvalue weighted by molar-refractivity contribution is -0.144. The smallest absolute Gasteiger partial charge is 0.305 e. The number of hydrogen-bond donors (Lipinski definition) is 2. The molecule has 2 fully saturated rings. The summed E-state index contributed by atoms with van der Waals surface area (Å²) in [4.78, 5) is 23.5. The molecule has 0 unspecified atom stereocenters. The van der Waals surface area contributed by atoms with Crippen molar-refractivity contribution in [2.75, 3.05) is 0 Å². The van der Waals surface area contributed by atoms with Crippen LogP contribution in [-0.4, -0.2) is 22.5 Å². The van der Waals surface area contributed by atoms with Crippen LogP contribution in [0.1, 0.15) is 65.2 Å². The summed E-state index contributed by atoms with van der Waals surface area (Å²) in [5.41, 5.74) is -0.669. The van der Waals surface area contributed by atoms with E-state index >= 15 is 0 Å². The molecule has 108 valence electrons. The van der Waals surface area contributed by atoms with Gasteiger partial charge in [0.1, 0.15) is 0 Å². The summed E-state index contributed by atoms with van der Waals surface area (Å²) in [6, 6.07) is 0. The summed E-state index contributed by atoms with van der Waals surface area (Å²) >= 11 is 0. The van der Waals surface area contributed by atoms with Crippen LogP contribution < -0.4 is 5.32 Å². The third kappa shape index (κ3) is 2.93. The number of carbonyl (C=O) groups is 2. The van der Waals surface area contributed by atoms with Crippen molar-refractivity contribution in [1.82, 2.24) is 5.32 Å². The molecule has 1 amide bonds. The maximum Gasteiger partial charge on any atom is 0.305 e. The zero-order valence-electron chi connectivity index (χ0n) is 12.0. The van der Waals surface area contributed by atoms with E-state index in [9.17, 15) is 9.59 Å².